The second kappa shape index (κ2) is 2.71. The highest BCUT2D eigenvalue weighted by atomic mass is 16.3. The first kappa shape index (κ1) is 8.01. The van der Waals surface area contributed by atoms with Gasteiger partial charge in [-0.15, -0.1) is 0 Å². The molecule has 0 aromatic rings. The quantitative estimate of drug-likeness (QED) is 0.558. The maximum Gasteiger partial charge on any atom is 0.226 e. The summed E-state index contributed by atoms with van der Waals surface area (Å²) < 4.78 is 0. The van der Waals surface area contributed by atoms with Gasteiger partial charge in [-0.05, 0) is 12.3 Å². The first-order chi connectivity index (χ1) is 5.72. The highest BCUT2D eigenvalue weighted by molar-refractivity contribution is 5.84. The molecule has 68 valence electrons. The Bertz CT molecular complexity index is 207. The molecule has 0 aromatic carbocycles. The Morgan fingerprint density at radius 2 is 2.50 bits per heavy atom. The number of carbonyl (C=O) groups is 1. The van der Waals surface area contributed by atoms with Gasteiger partial charge < -0.3 is 15.7 Å². The lowest BCUT2D eigenvalue weighted by molar-refractivity contribution is -0.130. The van der Waals surface area contributed by atoms with Crippen LogP contribution in [0.1, 0.15) is 6.42 Å². The van der Waals surface area contributed by atoms with E-state index in [1.807, 2.05) is 0 Å². The Labute approximate surface area is 71.3 Å². The van der Waals surface area contributed by atoms with Gasteiger partial charge in [-0.25, -0.2) is 0 Å². The predicted molar refractivity (Wildman–Crippen MR) is 43.2 cm³/mol. The number of piperidine rings is 1. The van der Waals surface area contributed by atoms with Gasteiger partial charge in [0, 0.05) is 25.0 Å². The number of hydrogen-bond acceptors (Lipinski definition) is 3. The minimum atomic E-state index is -0.272. The molecule has 0 bridgehead atoms. The fraction of sp³-hybridized carbons (Fsp3) is 0.875. The summed E-state index contributed by atoms with van der Waals surface area (Å²) in [5.74, 6) is 1.14. The van der Waals surface area contributed by atoms with Crippen LogP contribution in [0.5, 0.6) is 0 Å². The van der Waals surface area contributed by atoms with Crippen molar-refractivity contribution in [3.05, 3.63) is 0 Å². The first-order valence-electron chi connectivity index (χ1n) is 4.37. The van der Waals surface area contributed by atoms with Crippen molar-refractivity contribution in [3.63, 3.8) is 0 Å². The Morgan fingerprint density at radius 1 is 1.75 bits per heavy atom. The lowest BCUT2D eigenvalue weighted by Gasteiger charge is -2.20. The number of nitrogens with two attached hydrogens (primary N) is 1. The van der Waals surface area contributed by atoms with E-state index in [4.69, 9.17) is 10.8 Å². The van der Waals surface area contributed by atoms with E-state index in [1.165, 1.54) is 0 Å². The molecule has 1 amide bonds. The molecule has 1 heterocycles. The number of hydrogen-bond donors (Lipinski definition) is 2. The Morgan fingerprint density at radius 3 is 3.00 bits per heavy atom. The van der Waals surface area contributed by atoms with Crippen LogP contribution in [0.3, 0.4) is 0 Å². The van der Waals surface area contributed by atoms with E-state index in [-0.39, 0.29) is 18.6 Å². The molecule has 2 rings (SSSR count). The van der Waals surface area contributed by atoms with Gasteiger partial charge in [-0.3, -0.25) is 4.79 Å². The van der Waals surface area contributed by atoms with Crippen molar-refractivity contribution in [2.45, 2.75) is 12.5 Å². The molecule has 4 heteroatoms. The second-order valence-corrected chi connectivity index (χ2v) is 3.79. The Balaban J connectivity index is 1.86. The number of rotatable bonds is 3. The van der Waals surface area contributed by atoms with Crippen molar-refractivity contribution >= 4 is 5.91 Å². The van der Waals surface area contributed by atoms with Crippen molar-refractivity contribution in [3.8, 4) is 0 Å². The van der Waals surface area contributed by atoms with Crippen LogP contribution in [0.15, 0.2) is 0 Å². The van der Waals surface area contributed by atoms with Crippen molar-refractivity contribution in [1.29, 1.82) is 0 Å². The van der Waals surface area contributed by atoms with Crippen LogP contribution in [-0.2, 0) is 4.79 Å². The Kier molecular flexibility index (Phi) is 1.81. The van der Waals surface area contributed by atoms with E-state index in [0.717, 1.165) is 13.0 Å². The number of aliphatic hydroxyl groups is 1. The summed E-state index contributed by atoms with van der Waals surface area (Å²) in [5, 5.41) is 8.70. The Hall–Kier alpha value is -0.610. The molecule has 2 fully saturated rings. The van der Waals surface area contributed by atoms with Crippen molar-refractivity contribution in [2.75, 3.05) is 19.7 Å². The van der Waals surface area contributed by atoms with Gasteiger partial charge in [0.1, 0.15) is 0 Å². The second-order valence-electron chi connectivity index (χ2n) is 3.79. The fourth-order valence-electron chi connectivity index (χ4n) is 1.86. The third kappa shape index (κ3) is 1.21. The zero-order valence-electron chi connectivity index (χ0n) is 6.94. The standard InChI is InChI=1S/C8H14N2O2/c9-6(4-11)3-10-2-5-1-7(5)8(10)12/h5-7,11H,1-4,9H2. The van der Waals surface area contributed by atoms with Gasteiger partial charge in [-0.1, -0.05) is 0 Å². The molecular weight excluding hydrogens is 156 g/mol. The van der Waals surface area contributed by atoms with Crippen LogP contribution in [-0.4, -0.2) is 41.7 Å². The highest BCUT2D eigenvalue weighted by Gasteiger charge is 2.51. The molecule has 1 saturated heterocycles. The number of amides is 1. The molecule has 1 saturated carbocycles. The van der Waals surface area contributed by atoms with Crippen LogP contribution in [0, 0.1) is 11.8 Å². The van der Waals surface area contributed by atoms with E-state index in [9.17, 15) is 4.79 Å². The molecule has 3 N–H and O–H groups in total. The largest absolute Gasteiger partial charge is 0.395 e. The number of likely N-dealkylation sites (tertiary alicyclic amines) is 1. The summed E-state index contributed by atoms with van der Waals surface area (Å²) in [5.41, 5.74) is 5.53. The van der Waals surface area contributed by atoms with Gasteiger partial charge in [0.2, 0.25) is 5.91 Å². The lowest BCUT2D eigenvalue weighted by atomic mass is 10.3. The molecule has 2 aliphatic rings. The summed E-state index contributed by atoms with van der Waals surface area (Å²) in [6.07, 6.45) is 1.07. The first-order valence-corrected chi connectivity index (χ1v) is 4.37. The van der Waals surface area contributed by atoms with Crippen LogP contribution in [0.25, 0.3) is 0 Å². The molecule has 1 aliphatic carbocycles. The average Bonchev–Trinajstić information content (AvgIpc) is 2.75. The number of nitrogens with zero attached hydrogens (tertiary/aromatic N) is 1. The molecule has 4 nitrogen and oxygen atoms in total. The zero-order chi connectivity index (χ0) is 8.72. The topological polar surface area (TPSA) is 66.6 Å². The molecule has 0 spiro atoms. The third-order valence-electron chi connectivity index (χ3n) is 2.70. The summed E-state index contributed by atoms with van der Waals surface area (Å²) in [6, 6.07) is -0.272. The van der Waals surface area contributed by atoms with E-state index in [2.05, 4.69) is 0 Å². The van der Waals surface area contributed by atoms with Gasteiger partial charge in [0.05, 0.1) is 6.61 Å². The zero-order valence-corrected chi connectivity index (χ0v) is 6.94. The van der Waals surface area contributed by atoms with E-state index < -0.39 is 0 Å². The summed E-state index contributed by atoms with van der Waals surface area (Å²) in [7, 11) is 0. The van der Waals surface area contributed by atoms with Crippen LogP contribution < -0.4 is 5.73 Å². The van der Waals surface area contributed by atoms with E-state index in [1.54, 1.807) is 4.90 Å². The minimum absolute atomic E-state index is 0.0425. The molecule has 3 atom stereocenters. The fourth-order valence-corrected chi connectivity index (χ4v) is 1.86. The minimum Gasteiger partial charge on any atom is -0.395 e. The van der Waals surface area contributed by atoms with Crippen LogP contribution in [0.4, 0.5) is 0 Å². The normalized spacial score (nSPS) is 35.2. The monoisotopic (exact) mass is 170 g/mol. The third-order valence-corrected chi connectivity index (χ3v) is 2.70. The van der Waals surface area contributed by atoms with Gasteiger partial charge in [0.25, 0.3) is 0 Å². The van der Waals surface area contributed by atoms with Crippen molar-refractivity contribution in [2.24, 2.45) is 17.6 Å². The van der Waals surface area contributed by atoms with E-state index in [0.29, 0.717) is 18.4 Å². The van der Waals surface area contributed by atoms with E-state index >= 15 is 0 Å². The molecule has 1 aliphatic heterocycles. The van der Waals surface area contributed by atoms with Crippen LogP contribution >= 0.6 is 0 Å². The van der Waals surface area contributed by atoms with Gasteiger partial charge >= 0.3 is 0 Å². The molecule has 3 unspecified atom stereocenters. The summed E-state index contributed by atoms with van der Waals surface area (Å²) in [4.78, 5) is 13.2. The molecule has 12 heavy (non-hydrogen) atoms. The average molecular weight is 170 g/mol. The SMILES string of the molecule is NC(CO)CN1CC2CC2C1=O. The maximum atomic E-state index is 11.4. The summed E-state index contributed by atoms with van der Waals surface area (Å²) >= 11 is 0. The predicted octanol–water partition coefficient (Wildman–Crippen LogP) is -1.22. The molecular formula is C8H14N2O2. The number of aliphatic hydroxyl groups excluding tert-OH is 1. The highest BCUT2D eigenvalue weighted by Crippen LogP contribution is 2.45. The smallest absolute Gasteiger partial charge is 0.226 e. The molecule has 0 aromatic heterocycles. The maximum absolute atomic E-state index is 11.4. The van der Waals surface area contributed by atoms with Crippen LogP contribution in [0.2, 0.25) is 0 Å². The van der Waals surface area contributed by atoms with Gasteiger partial charge in [-0.2, -0.15) is 0 Å². The summed E-state index contributed by atoms with van der Waals surface area (Å²) in [6.45, 7) is 1.33. The van der Waals surface area contributed by atoms with Gasteiger partial charge in [0.15, 0.2) is 0 Å². The number of carbonyl (C=O) groups excluding carboxylic acids is 1. The van der Waals surface area contributed by atoms with Crippen molar-refractivity contribution in [1.82, 2.24) is 4.90 Å². The lowest BCUT2D eigenvalue weighted by Crippen LogP contribution is -2.41. The number of fused-ring (bicyclic) bond motifs is 1. The van der Waals surface area contributed by atoms with Crippen molar-refractivity contribution < 1.29 is 9.90 Å². The molecule has 0 radical (unpaired) electrons.